The Balaban J connectivity index is 1.31. The molecular weight excluding hydrogens is 470 g/mol. The van der Waals surface area contributed by atoms with Crippen LogP contribution in [0.4, 0.5) is 5.00 Å². The predicted molar refractivity (Wildman–Crippen MR) is 131 cm³/mol. The summed E-state index contributed by atoms with van der Waals surface area (Å²) < 4.78 is 21.9. The Morgan fingerprint density at radius 2 is 1.97 bits per heavy atom. The normalized spacial score (nSPS) is 12.8. The molecule has 1 aromatic carbocycles. The second-order valence-corrected chi connectivity index (χ2v) is 9.19. The zero-order valence-corrected chi connectivity index (χ0v) is 19.9. The number of amides is 1. The molecule has 35 heavy (non-hydrogen) atoms. The molecule has 0 spiro atoms. The molecule has 1 N–H and O–H groups in total. The molecule has 3 aromatic heterocycles. The third-order valence-electron chi connectivity index (χ3n) is 5.74. The van der Waals surface area contributed by atoms with Crippen molar-refractivity contribution >= 4 is 39.2 Å². The van der Waals surface area contributed by atoms with Crippen molar-refractivity contribution in [2.75, 3.05) is 18.5 Å². The molecule has 4 aromatic rings. The Kier molecular flexibility index (Phi) is 6.41. The van der Waals surface area contributed by atoms with E-state index < -0.39 is 11.9 Å². The lowest BCUT2D eigenvalue weighted by Crippen LogP contribution is -2.21. The van der Waals surface area contributed by atoms with E-state index in [2.05, 4.69) is 5.32 Å². The van der Waals surface area contributed by atoms with Crippen LogP contribution in [-0.2, 0) is 22.4 Å². The molecule has 0 unspecified atom stereocenters. The lowest BCUT2D eigenvalue weighted by atomic mass is 9.95. The largest absolute Gasteiger partial charge is 0.484 e. The molecule has 0 aliphatic heterocycles. The topological polar surface area (TPSA) is 108 Å². The third-order valence-corrected chi connectivity index (χ3v) is 6.94. The van der Waals surface area contributed by atoms with E-state index in [4.69, 9.17) is 18.3 Å². The summed E-state index contributed by atoms with van der Waals surface area (Å²) in [6.45, 7) is 1.73. The number of hydrogen-bond acceptors (Lipinski definition) is 8. The smallest absolute Gasteiger partial charge is 0.341 e. The van der Waals surface area contributed by atoms with Crippen LogP contribution < -0.4 is 15.5 Å². The number of aryl methyl sites for hydroxylation is 1. The SMILES string of the molecule is CCOC(=O)c1c(NC(=O)COc2ccc3oc(-c4ccco4)cc(=O)c3c2)sc2c1CCCC2. The lowest BCUT2D eigenvalue weighted by Gasteiger charge is -2.12. The molecule has 0 saturated heterocycles. The number of benzene rings is 1. The van der Waals surface area contributed by atoms with Crippen molar-refractivity contribution in [3.63, 3.8) is 0 Å². The number of esters is 1. The third kappa shape index (κ3) is 4.72. The number of nitrogens with one attached hydrogen (secondary N) is 1. The van der Waals surface area contributed by atoms with Crippen LogP contribution in [0, 0.1) is 0 Å². The second kappa shape index (κ2) is 9.79. The van der Waals surface area contributed by atoms with Gasteiger partial charge in [-0.25, -0.2) is 4.79 Å². The van der Waals surface area contributed by atoms with Crippen LogP contribution in [0.1, 0.15) is 40.6 Å². The van der Waals surface area contributed by atoms with Gasteiger partial charge in [0.1, 0.15) is 16.3 Å². The molecule has 1 aliphatic rings. The minimum absolute atomic E-state index is 0.254. The Morgan fingerprint density at radius 3 is 2.77 bits per heavy atom. The van der Waals surface area contributed by atoms with Gasteiger partial charge < -0.3 is 23.6 Å². The first kappa shape index (κ1) is 22.9. The number of hydrogen-bond donors (Lipinski definition) is 1. The van der Waals surface area contributed by atoms with Gasteiger partial charge in [-0.05, 0) is 68.5 Å². The number of ether oxygens (including phenoxy) is 2. The monoisotopic (exact) mass is 493 g/mol. The van der Waals surface area contributed by atoms with E-state index in [-0.39, 0.29) is 18.6 Å². The summed E-state index contributed by atoms with van der Waals surface area (Å²) in [5.74, 6) is 0.310. The minimum atomic E-state index is -0.418. The fourth-order valence-corrected chi connectivity index (χ4v) is 5.44. The summed E-state index contributed by atoms with van der Waals surface area (Å²) in [5.41, 5.74) is 1.56. The maximum absolute atomic E-state index is 12.7. The summed E-state index contributed by atoms with van der Waals surface area (Å²) in [6.07, 6.45) is 5.26. The van der Waals surface area contributed by atoms with E-state index in [1.54, 1.807) is 31.2 Å². The zero-order valence-electron chi connectivity index (χ0n) is 19.1. The van der Waals surface area contributed by atoms with Gasteiger partial charge in [0.15, 0.2) is 23.6 Å². The highest BCUT2D eigenvalue weighted by Crippen LogP contribution is 2.38. The maximum atomic E-state index is 12.7. The molecule has 0 fully saturated rings. The molecule has 0 radical (unpaired) electrons. The van der Waals surface area contributed by atoms with Crippen LogP contribution in [0.3, 0.4) is 0 Å². The highest BCUT2D eigenvalue weighted by atomic mass is 32.1. The van der Waals surface area contributed by atoms with Gasteiger partial charge in [-0.3, -0.25) is 9.59 Å². The number of carbonyl (C=O) groups excluding carboxylic acids is 2. The van der Waals surface area contributed by atoms with E-state index >= 15 is 0 Å². The molecule has 9 heteroatoms. The van der Waals surface area contributed by atoms with Gasteiger partial charge in [0.25, 0.3) is 5.91 Å². The lowest BCUT2D eigenvalue weighted by molar-refractivity contribution is -0.118. The first-order valence-electron chi connectivity index (χ1n) is 11.4. The molecule has 0 atom stereocenters. The number of anilines is 1. The summed E-state index contributed by atoms with van der Waals surface area (Å²) in [4.78, 5) is 39.0. The summed E-state index contributed by atoms with van der Waals surface area (Å²) >= 11 is 1.42. The quantitative estimate of drug-likeness (QED) is 0.353. The van der Waals surface area contributed by atoms with E-state index in [1.165, 1.54) is 29.7 Å². The van der Waals surface area contributed by atoms with Crippen molar-refractivity contribution in [3.05, 3.63) is 68.9 Å². The summed E-state index contributed by atoms with van der Waals surface area (Å²) in [6, 6.07) is 9.54. The second-order valence-electron chi connectivity index (χ2n) is 8.08. The molecule has 3 heterocycles. The number of fused-ring (bicyclic) bond motifs is 2. The first-order chi connectivity index (χ1) is 17.0. The van der Waals surface area contributed by atoms with Gasteiger partial charge in [0.2, 0.25) is 0 Å². The molecule has 0 saturated carbocycles. The highest BCUT2D eigenvalue weighted by molar-refractivity contribution is 7.17. The fraction of sp³-hybridized carbons (Fsp3) is 0.269. The molecule has 0 bridgehead atoms. The van der Waals surface area contributed by atoms with Crippen LogP contribution in [-0.4, -0.2) is 25.1 Å². The van der Waals surface area contributed by atoms with Crippen LogP contribution in [0.2, 0.25) is 0 Å². The molecule has 8 nitrogen and oxygen atoms in total. The molecule has 5 rings (SSSR count). The highest BCUT2D eigenvalue weighted by Gasteiger charge is 2.27. The van der Waals surface area contributed by atoms with Crippen LogP contribution in [0.5, 0.6) is 5.75 Å². The number of carbonyl (C=O) groups is 2. The van der Waals surface area contributed by atoms with Crippen LogP contribution in [0.25, 0.3) is 22.5 Å². The van der Waals surface area contributed by atoms with Crippen molar-refractivity contribution in [1.29, 1.82) is 0 Å². The zero-order chi connectivity index (χ0) is 24.4. The first-order valence-corrected chi connectivity index (χ1v) is 12.2. The fourth-order valence-electron chi connectivity index (χ4n) is 4.15. The minimum Gasteiger partial charge on any atom is -0.484 e. The number of thiophene rings is 1. The summed E-state index contributed by atoms with van der Waals surface area (Å²) in [5, 5.41) is 3.63. The maximum Gasteiger partial charge on any atom is 0.341 e. The average molecular weight is 494 g/mol. The Labute approximate surface area is 204 Å². The van der Waals surface area contributed by atoms with E-state index in [0.29, 0.717) is 38.8 Å². The molecule has 180 valence electrons. The van der Waals surface area contributed by atoms with Gasteiger partial charge in [-0.2, -0.15) is 0 Å². The summed E-state index contributed by atoms with van der Waals surface area (Å²) in [7, 11) is 0. The predicted octanol–water partition coefficient (Wildman–Crippen LogP) is 5.19. The van der Waals surface area contributed by atoms with Crippen LogP contribution in [0.15, 0.2) is 56.3 Å². The van der Waals surface area contributed by atoms with Gasteiger partial charge in [-0.15, -0.1) is 11.3 Å². The van der Waals surface area contributed by atoms with Crippen LogP contribution >= 0.6 is 11.3 Å². The molecule has 1 aliphatic carbocycles. The number of rotatable bonds is 7. The molecular formula is C26H23NO7S. The Hall–Kier alpha value is -3.85. The average Bonchev–Trinajstić information content (AvgIpc) is 3.51. The van der Waals surface area contributed by atoms with E-state index in [0.717, 1.165) is 36.1 Å². The number of furan rings is 1. The standard InChI is InChI=1S/C26H23NO7S/c1-2-31-26(30)24-16-6-3-4-8-22(16)35-25(24)27-23(29)14-33-15-9-10-19-17(12-15)18(28)13-21(34-19)20-7-5-11-32-20/h5,7,9-13H,2-4,6,8,14H2,1H3,(H,27,29). The van der Waals surface area contributed by atoms with Crippen molar-refractivity contribution in [2.24, 2.45) is 0 Å². The molecule has 1 amide bonds. The Morgan fingerprint density at radius 1 is 1.11 bits per heavy atom. The van der Waals surface area contributed by atoms with E-state index in [9.17, 15) is 14.4 Å². The van der Waals surface area contributed by atoms with Crippen molar-refractivity contribution in [1.82, 2.24) is 0 Å². The van der Waals surface area contributed by atoms with Gasteiger partial charge in [0.05, 0.1) is 23.8 Å². The van der Waals surface area contributed by atoms with Crippen molar-refractivity contribution in [3.8, 4) is 17.3 Å². The van der Waals surface area contributed by atoms with Crippen molar-refractivity contribution < 1.29 is 27.9 Å². The van der Waals surface area contributed by atoms with Gasteiger partial charge in [-0.1, -0.05) is 0 Å². The van der Waals surface area contributed by atoms with Gasteiger partial charge in [0, 0.05) is 10.9 Å². The van der Waals surface area contributed by atoms with E-state index in [1.807, 2.05) is 0 Å². The van der Waals surface area contributed by atoms with Crippen molar-refractivity contribution in [2.45, 2.75) is 32.6 Å². The van der Waals surface area contributed by atoms with Gasteiger partial charge >= 0.3 is 5.97 Å². The Bertz CT molecular complexity index is 1450.